The van der Waals surface area contributed by atoms with E-state index in [-0.39, 0.29) is 56.1 Å². The standard InChI is InChI=1S/C74H93F3N14O13/c1-40-65(95)85-59(32-46-37-80-54-25-21-48(75)34-52(46)54)68(98)86-61(33-47-38-81-55-26-22-49(76)35-53(47)55)71(101)90-39-50(77)36-62(90)69(99)89-63(41(2)92)70(100)87-60(31-45-19-23-51(104-5)24-20-45)72(102)91-29-11-27-74(91,4)73(103)88-58(64(79)94)30-44-17-15-43(16-18-44)12-7-6-8-13-56(83-42(3)93)67(97)84-57(66(96)82-40)14-9-10-28-78/h15-26,34-35,37-38,40-41,50,56-63,80-81,92H,6-14,27-33,36,39,78H2,1-5H3,(H2,79,94)(H,82,96)(H,83,93)(H,84,97)(H,85,95)(H,86,98)(H,87,100)(H,88,103)(H,89,99)/t40-,41+,50-,56-,57-,58-,59-,60-,61-,62-,63-,74-/m0/s1. The van der Waals surface area contributed by atoms with E-state index in [4.69, 9.17) is 16.2 Å². The van der Waals surface area contributed by atoms with E-state index in [0.717, 1.165) is 10.5 Å². The number of alkyl halides is 1. The van der Waals surface area contributed by atoms with Gasteiger partial charge in [-0.1, -0.05) is 49.2 Å². The van der Waals surface area contributed by atoms with Gasteiger partial charge in [-0.25, -0.2) is 13.2 Å². The lowest BCUT2D eigenvalue weighted by molar-refractivity contribution is -0.147. The molecule has 30 heteroatoms. The van der Waals surface area contributed by atoms with Crippen LogP contribution in [0.5, 0.6) is 5.75 Å². The lowest BCUT2D eigenvalue weighted by atomic mass is 9.94. The first-order chi connectivity index (χ1) is 49.6. The molecule has 27 nitrogen and oxygen atoms in total. The summed E-state index contributed by atoms with van der Waals surface area (Å²) < 4.78 is 51.6. The summed E-state index contributed by atoms with van der Waals surface area (Å²) in [7, 11) is 1.46. The largest absolute Gasteiger partial charge is 0.497 e. The summed E-state index contributed by atoms with van der Waals surface area (Å²) >= 11 is 0. The molecule has 0 spiro atoms. The van der Waals surface area contributed by atoms with Crippen molar-refractivity contribution in [1.29, 1.82) is 0 Å². The van der Waals surface area contributed by atoms with Crippen molar-refractivity contribution in [2.75, 3.05) is 26.7 Å². The van der Waals surface area contributed by atoms with Crippen molar-refractivity contribution in [1.82, 2.24) is 62.3 Å². The fourth-order valence-corrected chi connectivity index (χ4v) is 13.8. The number of aromatic nitrogens is 2. The Labute approximate surface area is 599 Å². The normalized spacial score (nSPS) is 25.5. The number of H-pyrrole nitrogens is 2. The van der Waals surface area contributed by atoms with Crippen LogP contribution in [0.2, 0.25) is 0 Å². The van der Waals surface area contributed by atoms with Gasteiger partial charge in [0.05, 0.1) is 19.8 Å². The molecule has 558 valence electrons. The first-order valence-corrected chi connectivity index (χ1v) is 35.2. The van der Waals surface area contributed by atoms with Crippen LogP contribution in [0.4, 0.5) is 13.2 Å². The summed E-state index contributed by atoms with van der Waals surface area (Å²) in [5, 5.41) is 33.3. The summed E-state index contributed by atoms with van der Waals surface area (Å²) in [6.45, 7) is 4.79. The summed E-state index contributed by atoms with van der Waals surface area (Å²) in [6, 6.07) is 7.90. The molecule has 0 radical (unpaired) electrons. The van der Waals surface area contributed by atoms with Gasteiger partial charge in [-0.2, -0.15) is 0 Å². The SMILES string of the molecule is COc1ccc(C[C@@H]2NC(=O)[C@H]([C@@H](C)O)NC(=O)[C@@H]3C[C@H](F)CN3C(=O)[C@H](Cc3c[nH]c4ccc(F)cc34)NC(=O)[C@H](Cc3c[nH]c4ccc(F)cc34)NC(=O)[C@H](C)NC(=O)[C@H](CCCCN)NC(=O)[C@@H](NC(C)=O)CCCCCc3ccc(cc3)C[C@@H](C(N)=O)NC(=O)[C@]3(C)CCCN3C2=O)cc1. The first-order valence-electron chi connectivity index (χ1n) is 35.2. The Bertz CT molecular complexity index is 4120. The Morgan fingerprint density at radius 1 is 0.683 bits per heavy atom. The van der Waals surface area contributed by atoms with E-state index in [2.05, 4.69) is 52.5 Å². The third-order valence-electron chi connectivity index (χ3n) is 19.7. The number of fused-ring (bicyclic) bond motifs is 31. The van der Waals surface area contributed by atoms with E-state index in [1.165, 1.54) is 88.5 Å². The zero-order valence-electron chi connectivity index (χ0n) is 58.8. The summed E-state index contributed by atoms with van der Waals surface area (Å²) in [4.78, 5) is 167. The van der Waals surface area contributed by atoms with Gasteiger partial charge < -0.3 is 83.6 Å². The molecule has 2 saturated heterocycles. The number of amides is 11. The number of hydrogen-bond acceptors (Lipinski definition) is 14. The van der Waals surface area contributed by atoms with Crippen LogP contribution in [0, 0.1) is 11.6 Å². The molecule has 0 unspecified atom stereocenters. The molecule has 10 rings (SSSR count). The van der Waals surface area contributed by atoms with Crippen LogP contribution in [-0.4, -0.2) is 189 Å². The molecular weight excluding hydrogens is 1350 g/mol. The lowest BCUT2D eigenvalue weighted by Gasteiger charge is -2.37. The minimum atomic E-state index is -1.90. The number of carbonyl (C=O) groups is 11. The van der Waals surface area contributed by atoms with Crippen molar-refractivity contribution in [3.8, 4) is 5.75 Å². The van der Waals surface area contributed by atoms with Crippen molar-refractivity contribution < 1.29 is 75.8 Å². The fourth-order valence-electron chi connectivity index (χ4n) is 13.8. The maximum Gasteiger partial charge on any atom is 0.246 e. The Kier molecular flexibility index (Phi) is 26.3. The van der Waals surface area contributed by atoms with Crippen molar-refractivity contribution >= 4 is 86.8 Å². The predicted octanol–water partition coefficient (Wildman–Crippen LogP) is 2.56. The van der Waals surface area contributed by atoms with Crippen molar-refractivity contribution in [3.63, 3.8) is 0 Å². The van der Waals surface area contributed by atoms with E-state index in [1.54, 1.807) is 36.4 Å². The Hall–Kier alpha value is -10.4. The molecular formula is C74H93F3N14O13. The molecule has 2 bridgehead atoms. The molecule has 0 saturated carbocycles. The number of nitrogens with two attached hydrogens (primary N) is 2. The number of primary amides is 1. The second-order valence-electron chi connectivity index (χ2n) is 27.5. The molecule has 4 aromatic carbocycles. The van der Waals surface area contributed by atoms with E-state index in [9.17, 15) is 47.9 Å². The number of aromatic amines is 2. The minimum absolute atomic E-state index is 0.0205. The van der Waals surface area contributed by atoms with Crippen molar-refractivity contribution in [3.05, 3.63) is 137 Å². The van der Waals surface area contributed by atoms with Crippen molar-refractivity contribution in [2.24, 2.45) is 11.5 Å². The zero-order valence-corrected chi connectivity index (χ0v) is 58.8. The molecule has 0 aliphatic carbocycles. The highest BCUT2D eigenvalue weighted by Gasteiger charge is 2.50. The van der Waals surface area contributed by atoms with Crippen LogP contribution >= 0.6 is 0 Å². The predicted molar refractivity (Wildman–Crippen MR) is 378 cm³/mol. The number of hydrogen-bond donors (Lipinski definition) is 13. The summed E-state index contributed by atoms with van der Waals surface area (Å²) in [5.74, 6) is -10.5. The third kappa shape index (κ3) is 19.7. The van der Waals surface area contributed by atoms with Crippen LogP contribution in [-0.2, 0) is 84.8 Å². The summed E-state index contributed by atoms with van der Waals surface area (Å²) in [6.07, 6.45) is 1.39. The molecule has 15 N–H and O–H groups in total. The fraction of sp³-hybridized carbons (Fsp3) is 0.473. The number of ether oxygens (including phenoxy) is 1. The molecule has 2 fully saturated rings. The van der Waals surface area contributed by atoms with Gasteiger partial charge in [-0.15, -0.1) is 0 Å². The Morgan fingerprint density at radius 2 is 1.28 bits per heavy atom. The highest BCUT2D eigenvalue weighted by Crippen LogP contribution is 2.32. The van der Waals surface area contributed by atoms with E-state index in [0.29, 0.717) is 83.8 Å². The number of benzene rings is 4. The number of unbranched alkanes of at least 4 members (excludes halogenated alkanes) is 1. The van der Waals surface area contributed by atoms with E-state index in [1.807, 2.05) is 12.1 Å². The topological polar surface area (TPSA) is 404 Å². The summed E-state index contributed by atoms with van der Waals surface area (Å²) in [5.41, 5.74) is 13.7. The number of aliphatic hydroxyl groups is 1. The molecule has 2 aromatic heterocycles. The Morgan fingerprint density at radius 3 is 1.89 bits per heavy atom. The minimum Gasteiger partial charge on any atom is -0.497 e. The van der Waals surface area contributed by atoms with Gasteiger partial charge in [-0.3, -0.25) is 52.7 Å². The van der Waals surface area contributed by atoms with Gasteiger partial charge in [-0.05, 0) is 155 Å². The van der Waals surface area contributed by atoms with Gasteiger partial charge >= 0.3 is 0 Å². The van der Waals surface area contributed by atoms with Crippen LogP contribution in [0.1, 0.15) is 120 Å². The molecule has 4 aliphatic heterocycles. The molecule has 6 heterocycles. The average molecular weight is 1440 g/mol. The van der Waals surface area contributed by atoms with Gasteiger partial charge in [0.1, 0.15) is 83.5 Å². The van der Waals surface area contributed by atoms with Crippen LogP contribution < -0.4 is 58.7 Å². The van der Waals surface area contributed by atoms with Gasteiger partial charge in [0, 0.05) is 79.8 Å². The van der Waals surface area contributed by atoms with Gasteiger partial charge in [0.25, 0.3) is 0 Å². The number of aliphatic hydroxyl groups excluding tert-OH is 1. The first kappa shape index (κ1) is 77.8. The molecule has 104 heavy (non-hydrogen) atoms. The molecule has 4 aliphatic rings. The smallest absolute Gasteiger partial charge is 0.246 e. The number of carbonyl (C=O) groups excluding carboxylic acids is 11. The van der Waals surface area contributed by atoms with Crippen LogP contribution in [0.25, 0.3) is 21.8 Å². The number of nitrogens with one attached hydrogen (secondary N) is 10. The maximum atomic E-state index is 16.2. The quantitative estimate of drug-likeness (QED) is 0.0551. The van der Waals surface area contributed by atoms with E-state index >= 15 is 23.2 Å². The number of halogens is 3. The van der Waals surface area contributed by atoms with Crippen LogP contribution in [0.3, 0.4) is 0 Å². The second kappa shape index (κ2) is 35.2. The lowest BCUT2D eigenvalue weighted by Crippen LogP contribution is -2.64. The molecule has 6 aromatic rings. The number of methoxy groups -OCH3 is 1. The number of nitrogens with zero attached hydrogens (tertiary/aromatic N) is 2. The average Bonchev–Trinajstić information content (AvgIpc) is 1.58. The molecule has 12 atom stereocenters. The highest BCUT2D eigenvalue weighted by atomic mass is 19.1. The second-order valence-corrected chi connectivity index (χ2v) is 27.5. The maximum absolute atomic E-state index is 16.2. The van der Waals surface area contributed by atoms with Crippen molar-refractivity contribution in [2.45, 2.75) is 196 Å². The highest BCUT2D eigenvalue weighted by molar-refractivity contribution is 6.01. The van der Waals surface area contributed by atoms with Crippen LogP contribution in [0.15, 0.2) is 97.3 Å². The van der Waals surface area contributed by atoms with Gasteiger partial charge in [0.2, 0.25) is 65.0 Å². The van der Waals surface area contributed by atoms with Gasteiger partial charge in [0.15, 0.2) is 0 Å². The third-order valence-corrected chi connectivity index (χ3v) is 19.7. The molecule has 11 amide bonds. The monoisotopic (exact) mass is 1440 g/mol. The van der Waals surface area contributed by atoms with E-state index < -0.39 is 175 Å². The Balaban J connectivity index is 1.07. The number of rotatable bonds is 14. The zero-order chi connectivity index (χ0) is 75.1. The number of aryl methyl sites for hydroxylation is 1.